The molecule has 16 heavy (non-hydrogen) atoms. The van der Waals surface area contributed by atoms with Gasteiger partial charge in [0.15, 0.2) is 0 Å². The zero-order chi connectivity index (χ0) is 11.4. The molecule has 1 aliphatic rings. The lowest BCUT2D eigenvalue weighted by Gasteiger charge is -2.29. The average molecular weight is 237 g/mol. The molecule has 4 heteroatoms. The number of carbonyl (C=O) groups is 1. The first-order valence-corrected chi connectivity index (χ1v) is 6.43. The molecule has 1 N–H and O–H groups in total. The number of ether oxygens (including phenoxy) is 1. The maximum absolute atomic E-state index is 11.4. The molecular weight excluding hydrogens is 222 g/mol. The fourth-order valence-corrected chi connectivity index (χ4v) is 2.93. The number of thioether (sulfide) groups is 1. The van der Waals surface area contributed by atoms with Crippen molar-refractivity contribution in [2.45, 2.75) is 12.1 Å². The summed E-state index contributed by atoms with van der Waals surface area (Å²) < 4.78 is 4.76. The zero-order valence-electron chi connectivity index (χ0n) is 9.18. The van der Waals surface area contributed by atoms with E-state index in [0.717, 1.165) is 11.5 Å². The molecule has 0 aromatic heterocycles. The molecule has 1 fully saturated rings. The van der Waals surface area contributed by atoms with E-state index in [-0.39, 0.29) is 18.1 Å². The van der Waals surface area contributed by atoms with Crippen molar-refractivity contribution >= 4 is 17.7 Å². The smallest absolute Gasteiger partial charge is 0.323 e. The van der Waals surface area contributed by atoms with Gasteiger partial charge in [-0.3, -0.25) is 10.1 Å². The van der Waals surface area contributed by atoms with E-state index < -0.39 is 0 Å². The molecule has 2 atom stereocenters. The summed E-state index contributed by atoms with van der Waals surface area (Å²) in [6.45, 7) is 0. The standard InChI is InChI=1S/C12H15NO2S/c1-15-12(14)11-8-16-7-10(13-11)9-5-3-2-4-6-9/h2-6,10-11,13H,7-8H2,1H3/t10-,11+/m0/s1. The molecule has 0 saturated carbocycles. The van der Waals surface area contributed by atoms with Crippen LogP contribution < -0.4 is 5.32 Å². The predicted molar refractivity (Wildman–Crippen MR) is 65.4 cm³/mol. The summed E-state index contributed by atoms with van der Waals surface area (Å²) in [4.78, 5) is 11.4. The Morgan fingerprint density at radius 2 is 2.12 bits per heavy atom. The maximum atomic E-state index is 11.4. The van der Waals surface area contributed by atoms with Crippen molar-refractivity contribution in [2.75, 3.05) is 18.6 Å². The van der Waals surface area contributed by atoms with E-state index in [1.807, 2.05) is 18.2 Å². The second-order valence-electron chi connectivity index (χ2n) is 3.74. The van der Waals surface area contributed by atoms with Gasteiger partial charge in [0.25, 0.3) is 0 Å². The monoisotopic (exact) mass is 237 g/mol. The van der Waals surface area contributed by atoms with E-state index in [9.17, 15) is 4.79 Å². The molecule has 1 heterocycles. The molecule has 0 radical (unpaired) electrons. The van der Waals surface area contributed by atoms with Gasteiger partial charge in [-0.2, -0.15) is 11.8 Å². The van der Waals surface area contributed by atoms with Gasteiger partial charge in [0, 0.05) is 17.5 Å². The van der Waals surface area contributed by atoms with Crippen LogP contribution in [0.3, 0.4) is 0 Å². The fourth-order valence-electron chi connectivity index (χ4n) is 1.80. The Bertz CT molecular complexity index is 355. The van der Waals surface area contributed by atoms with Crippen molar-refractivity contribution in [2.24, 2.45) is 0 Å². The van der Waals surface area contributed by atoms with Gasteiger partial charge in [-0.1, -0.05) is 30.3 Å². The normalized spacial score (nSPS) is 25.1. The molecule has 0 bridgehead atoms. The van der Waals surface area contributed by atoms with Crippen molar-refractivity contribution < 1.29 is 9.53 Å². The molecular formula is C12H15NO2S. The molecule has 0 unspecified atom stereocenters. The Labute approximate surface area is 99.6 Å². The first-order valence-electron chi connectivity index (χ1n) is 5.28. The minimum Gasteiger partial charge on any atom is -0.468 e. The number of benzene rings is 1. The summed E-state index contributed by atoms with van der Waals surface area (Å²) in [7, 11) is 1.43. The number of rotatable bonds is 2. The lowest BCUT2D eigenvalue weighted by molar-refractivity contribution is -0.142. The van der Waals surface area contributed by atoms with E-state index in [0.29, 0.717) is 0 Å². The van der Waals surface area contributed by atoms with Gasteiger partial charge in [-0.05, 0) is 5.56 Å². The fraction of sp³-hybridized carbons (Fsp3) is 0.417. The van der Waals surface area contributed by atoms with Crippen LogP contribution >= 0.6 is 11.8 Å². The summed E-state index contributed by atoms with van der Waals surface area (Å²) in [5.74, 6) is 1.61. The van der Waals surface area contributed by atoms with Crippen molar-refractivity contribution in [1.82, 2.24) is 5.32 Å². The number of esters is 1. The summed E-state index contributed by atoms with van der Waals surface area (Å²) in [5, 5.41) is 3.33. The van der Waals surface area contributed by atoms with Crippen molar-refractivity contribution in [3.05, 3.63) is 35.9 Å². The SMILES string of the molecule is COC(=O)[C@H]1CSC[C@@H](c2ccccc2)N1. The average Bonchev–Trinajstić information content (AvgIpc) is 2.39. The molecule has 1 aromatic carbocycles. The van der Waals surface area contributed by atoms with Gasteiger partial charge >= 0.3 is 5.97 Å². The second-order valence-corrected chi connectivity index (χ2v) is 4.82. The number of hydrogen-bond donors (Lipinski definition) is 1. The van der Waals surface area contributed by atoms with Crippen LogP contribution in [0.4, 0.5) is 0 Å². The van der Waals surface area contributed by atoms with Crippen LogP contribution in [0.1, 0.15) is 11.6 Å². The van der Waals surface area contributed by atoms with Crippen LogP contribution in [0, 0.1) is 0 Å². The lowest BCUT2D eigenvalue weighted by atomic mass is 10.1. The Hall–Kier alpha value is -1.00. The molecule has 86 valence electrons. The van der Waals surface area contributed by atoms with E-state index in [1.165, 1.54) is 12.7 Å². The van der Waals surface area contributed by atoms with E-state index >= 15 is 0 Å². The van der Waals surface area contributed by atoms with Gasteiger partial charge < -0.3 is 4.74 Å². The van der Waals surface area contributed by atoms with Gasteiger partial charge in [-0.15, -0.1) is 0 Å². The lowest BCUT2D eigenvalue weighted by Crippen LogP contribution is -2.45. The maximum Gasteiger partial charge on any atom is 0.323 e. The minimum atomic E-state index is -0.186. The van der Waals surface area contributed by atoms with Gasteiger partial charge in [-0.25, -0.2) is 0 Å². The Balaban J connectivity index is 2.05. The van der Waals surface area contributed by atoms with Crippen molar-refractivity contribution in [1.29, 1.82) is 0 Å². The quantitative estimate of drug-likeness (QED) is 0.793. The highest BCUT2D eigenvalue weighted by Gasteiger charge is 2.27. The molecule has 1 aliphatic heterocycles. The van der Waals surface area contributed by atoms with Crippen molar-refractivity contribution in [3.63, 3.8) is 0 Å². The van der Waals surface area contributed by atoms with Gasteiger partial charge in [0.05, 0.1) is 7.11 Å². The van der Waals surface area contributed by atoms with Crippen molar-refractivity contribution in [3.8, 4) is 0 Å². The van der Waals surface area contributed by atoms with E-state index in [4.69, 9.17) is 4.74 Å². The molecule has 3 nitrogen and oxygen atoms in total. The van der Waals surface area contributed by atoms with E-state index in [2.05, 4.69) is 17.4 Å². The largest absolute Gasteiger partial charge is 0.468 e. The molecule has 1 aromatic rings. The minimum absolute atomic E-state index is 0.173. The zero-order valence-corrected chi connectivity index (χ0v) is 10.00. The molecule has 0 aliphatic carbocycles. The summed E-state index contributed by atoms with van der Waals surface area (Å²) in [6.07, 6.45) is 0. The Kier molecular flexibility index (Phi) is 3.85. The first-order chi connectivity index (χ1) is 7.81. The third kappa shape index (κ3) is 2.57. The summed E-state index contributed by atoms with van der Waals surface area (Å²) >= 11 is 1.79. The number of carbonyl (C=O) groups excluding carboxylic acids is 1. The molecule has 0 spiro atoms. The molecule has 2 rings (SSSR count). The summed E-state index contributed by atoms with van der Waals surface area (Å²) in [5.41, 5.74) is 1.23. The number of methoxy groups -OCH3 is 1. The van der Waals surface area contributed by atoms with Crippen LogP contribution in [-0.4, -0.2) is 30.6 Å². The van der Waals surface area contributed by atoms with Crippen LogP contribution in [0.25, 0.3) is 0 Å². The number of nitrogens with one attached hydrogen (secondary N) is 1. The highest BCUT2D eigenvalue weighted by molar-refractivity contribution is 7.99. The van der Waals surface area contributed by atoms with Gasteiger partial charge in [0.2, 0.25) is 0 Å². The second kappa shape index (κ2) is 5.37. The first kappa shape index (κ1) is 11.5. The van der Waals surface area contributed by atoms with Gasteiger partial charge in [0.1, 0.15) is 6.04 Å². The predicted octanol–water partition coefficient (Wildman–Crippen LogP) is 1.61. The van der Waals surface area contributed by atoms with Crippen LogP contribution in [0.15, 0.2) is 30.3 Å². The third-order valence-electron chi connectivity index (χ3n) is 2.66. The highest BCUT2D eigenvalue weighted by Crippen LogP contribution is 2.24. The Morgan fingerprint density at radius 3 is 2.81 bits per heavy atom. The number of hydrogen-bond acceptors (Lipinski definition) is 4. The molecule has 0 amide bonds. The third-order valence-corrected chi connectivity index (χ3v) is 3.80. The van der Waals surface area contributed by atoms with Crippen LogP contribution in [-0.2, 0) is 9.53 Å². The summed E-state index contributed by atoms with van der Waals surface area (Å²) in [6, 6.07) is 10.2. The van der Waals surface area contributed by atoms with Crippen LogP contribution in [0.5, 0.6) is 0 Å². The highest BCUT2D eigenvalue weighted by atomic mass is 32.2. The van der Waals surface area contributed by atoms with Crippen LogP contribution in [0.2, 0.25) is 0 Å². The topological polar surface area (TPSA) is 38.3 Å². The Morgan fingerprint density at radius 1 is 1.38 bits per heavy atom. The molecule has 1 saturated heterocycles. The van der Waals surface area contributed by atoms with E-state index in [1.54, 1.807) is 11.8 Å².